The van der Waals surface area contributed by atoms with Crippen molar-refractivity contribution in [2.75, 3.05) is 18.9 Å². The van der Waals surface area contributed by atoms with Crippen LogP contribution in [0.5, 0.6) is 0 Å². The molecule has 0 radical (unpaired) electrons. The van der Waals surface area contributed by atoms with E-state index in [1.165, 1.54) is 25.1 Å². The minimum atomic E-state index is -4.67. The topological polar surface area (TPSA) is 48.4 Å². The molecular weight excluding hydrogens is 531 g/mol. The second kappa shape index (κ2) is 12.5. The Morgan fingerprint density at radius 3 is 2.58 bits per heavy atom. The number of anilines is 1. The van der Waals surface area contributed by atoms with Crippen molar-refractivity contribution in [2.45, 2.75) is 25.6 Å². The number of aliphatic hydroxyl groups is 1. The summed E-state index contributed by atoms with van der Waals surface area (Å²) >= 11 is 0. The number of pyridine rings is 1. The zero-order chi connectivity index (χ0) is 22.5. The van der Waals surface area contributed by atoms with Crippen molar-refractivity contribution in [1.82, 2.24) is 9.88 Å². The number of aliphatic hydroxyl groups excluding tert-OH is 1. The maximum absolute atomic E-state index is 13.4. The predicted molar refractivity (Wildman–Crippen MR) is 113 cm³/mol. The van der Waals surface area contributed by atoms with Gasteiger partial charge in [0.2, 0.25) is 0 Å². The van der Waals surface area contributed by atoms with Crippen molar-refractivity contribution in [3.63, 3.8) is 0 Å². The number of aromatic nitrogens is 1. The van der Waals surface area contributed by atoms with Gasteiger partial charge in [-0.2, -0.15) is 13.2 Å². The number of benzene rings is 1. The first-order valence-electron chi connectivity index (χ1n) is 9.17. The third-order valence-corrected chi connectivity index (χ3v) is 4.26. The van der Waals surface area contributed by atoms with Crippen molar-refractivity contribution in [2.24, 2.45) is 0 Å². The van der Waals surface area contributed by atoms with E-state index in [2.05, 4.69) is 23.9 Å². The number of halogens is 4. The molecule has 0 spiro atoms. The van der Waals surface area contributed by atoms with Gasteiger partial charge in [-0.25, -0.2) is 9.37 Å². The molecule has 1 heterocycles. The molecule has 31 heavy (non-hydrogen) atoms. The molecule has 2 N–H and O–H groups in total. The number of alkyl halides is 3. The molecule has 9 heteroatoms. The molecule has 2 aromatic rings. The van der Waals surface area contributed by atoms with E-state index in [0.29, 0.717) is 30.4 Å². The van der Waals surface area contributed by atoms with E-state index >= 15 is 0 Å². The largest absolute Gasteiger partial charge is 1.00 e. The molecule has 0 saturated heterocycles. The molecule has 1 aromatic carbocycles. The number of nitrogens with one attached hydrogen (secondary N) is 1. The molecule has 0 aliphatic carbocycles. The molecular formula is C22H24CsF4N3O. The molecule has 4 nitrogen and oxygen atoms in total. The van der Waals surface area contributed by atoms with Crippen LogP contribution in [0.25, 0.3) is 22.4 Å². The zero-order valence-electron chi connectivity index (χ0n) is 17.8. The minimum absolute atomic E-state index is 0. The molecule has 1 aromatic heterocycles. The molecule has 0 amide bonds. The third kappa shape index (κ3) is 8.32. The number of fused-ring (bicyclic) bond motifs is 1. The van der Waals surface area contributed by atoms with Crippen molar-refractivity contribution in [1.29, 1.82) is 0 Å². The first-order chi connectivity index (χ1) is 14.0. The standard InChI is InChI=1S/C22H24F4N3O.Cs/c1-14(30)8-9-16-12-19-18(21(28-16)15(2)22(24,25)26)6-5-7-20(19)27-17(13-23)10-11-29(3)4;/h5-9,12-14,27,30H,2-3,10-11H2,1,4H3;/q-1;+1/b9-8+,17-13-;. The van der Waals surface area contributed by atoms with Gasteiger partial charge in [0.1, 0.15) is 6.33 Å². The fourth-order valence-corrected chi connectivity index (χ4v) is 2.72. The van der Waals surface area contributed by atoms with Crippen molar-refractivity contribution < 1.29 is 91.6 Å². The first-order valence-corrected chi connectivity index (χ1v) is 9.17. The third-order valence-electron chi connectivity index (χ3n) is 4.26. The van der Waals surface area contributed by atoms with Crippen LogP contribution < -0.4 is 74.2 Å². The Morgan fingerprint density at radius 1 is 1.35 bits per heavy atom. The van der Waals surface area contributed by atoms with Crippen LogP contribution in [0.15, 0.2) is 48.9 Å². The van der Waals surface area contributed by atoms with Crippen LogP contribution in [0.4, 0.5) is 23.2 Å². The first kappa shape index (κ1) is 28.4. The Morgan fingerprint density at radius 2 is 2.03 bits per heavy atom. The van der Waals surface area contributed by atoms with Crippen LogP contribution in [0.3, 0.4) is 0 Å². The smallest absolute Gasteiger partial charge is 0.461 e. The van der Waals surface area contributed by atoms with Gasteiger partial charge in [-0.15, -0.1) is 0 Å². The van der Waals surface area contributed by atoms with Crippen molar-refractivity contribution >= 4 is 28.1 Å². The summed E-state index contributed by atoms with van der Waals surface area (Å²) in [4.78, 5) is 5.73. The van der Waals surface area contributed by atoms with Crippen LogP contribution >= 0.6 is 0 Å². The molecule has 162 valence electrons. The summed E-state index contributed by atoms with van der Waals surface area (Å²) in [6.07, 6.45) is -1.88. The van der Waals surface area contributed by atoms with Gasteiger partial charge in [-0.05, 0) is 38.7 Å². The van der Waals surface area contributed by atoms with Gasteiger partial charge in [0, 0.05) is 28.6 Å². The molecule has 0 aliphatic rings. The van der Waals surface area contributed by atoms with E-state index in [4.69, 9.17) is 0 Å². The molecule has 2 rings (SSSR count). The number of hydrogen-bond donors (Lipinski definition) is 2. The van der Waals surface area contributed by atoms with Crippen molar-refractivity contribution in [3.05, 3.63) is 67.4 Å². The SMILES string of the molecule is C=C(c1nc(/C=C/C(C)O)cc2c(N/C(=C\F)CCN([CH2-])C)cccc12)C(F)(F)F.[Cs+]. The fourth-order valence-electron chi connectivity index (χ4n) is 2.72. The number of rotatable bonds is 8. The maximum atomic E-state index is 13.4. The summed E-state index contributed by atoms with van der Waals surface area (Å²) in [5.74, 6) is 0. The predicted octanol–water partition coefficient (Wildman–Crippen LogP) is 2.54. The summed E-state index contributed by atoms with van der Waals surface area (Å²) in [6.45, 7) is 5.16. The van der Waals surface area contributed by atoms with E-state index in [1.54, 1.807) is 30.1 Å². The normalized spacial score (nSPS) is 13.5. The maximum Gasteiger partial charge on any atom is 1.00 e. The van der Waals surface area contributed by atoms with Crippen LogP contribution in [-0.4, -0.2) is 40.9 Å². The average molecular weight is 555 g/mol. The Bertz CT molecular complexity index is 969. The van der Waals surface area contributed by atoms with Crippen LogP contribution in [0.2, 0.25) is 0 Å². The quantitative estimate of drug-likeness (QED) is 0.389. The Labute approximate surface area is 238 Å². The van der Waals surface area contributed by atoms with E-state index in [9.17, 15) is 22.7 Å². The van der Waals surface area contributed by atoms with Crippen LogP contribution in [-0.2, 0) is 0 Å². The summed E-state index contributed by atoms with van der Waals surface area (Å²) in [5, 5.41) is 13.0. The molecule has 0 bridgehead atoms. The number of allylic oxidation sites excluding steroid dienone is 1. The molecule has 0 aliphatic heterocycles. The average Bonchev–Trinajstić information content (AvgIpc) is 2.67. The monoisotopic (exact) mass is 555 g/mol. The van der Waals surface area contributed by atoms with E-state index in [-0.39, 0.29) is 91.4 Å². The number of hydrogen-bond acceptors (Lipinski definition) is 4. The Kier molecular flexibility index (Phi) is 11.5. The van der Waals surface area contributed by atoms with Gasteiger partial charge >= 0.3 is 75.1 Å². The second-order valence-corrected chi connectivity index (χ2v) is 6.96. The van der Waals surface area contributed by atoms with E-state index in [0.717, 1.165) is 0 Å². The van der Waals surface area contributed by atoms with Gasteiger partial charge in [0.05, 0.1) is 23.1 Å². The van der Waals surface area contributed by atoms with Crippen molar-refractivity contribution in [3.8, 4) is 0 Å². The summed E-state index contributed by atoms with van der Waals surface area (Å²) in [5.41, 5.74) is -0.518. The van der Waals surface area contributed by atoms with Gasteiger partial charge in [-0.1, -0.05) is 24.8 Å². The summed E-state index contributed by atoms with van der Waals surface area (Å²) < 4.78 is 53.5. The fraction of sp³-hybridized carbons (Fsp3) is 0.273. The molecule has 1 atom stereocenters. The second-order valence-electron chi connectivity index (χ2n) is 6.96. The Balaban J connectivity index is 0.00000480. The minimum Gasteiger partial charge on any atom is -0.461 e. The molecule has 0 fully saturated rings. The van der Waals surface area contributed by atoms with Gasteiger partial charge in [0.25, 0.3) is 0 Å². The van der Waals surface area contributed by atoms with Gasteiger partial charge in [-0.3, -0.25) is 7.05 Å². The van der Waals surface area contributed by atoms with Crippen LogP contribution in [0, 0.1) is 7.05 Å². The van der Waals surface area contributed by atoms with E-state index < -0.39 is 17.9 Å². The van der Waals surface area contributed by atoms with Gasteiger partial charge in [0.15, 0.2) is 0 Å². The summed E-state index contributed by atoms with van der Waals surface area (Å²) in [6, 6.07) is 6.29. The Hall–Kier alpha value is -0.658. The zero-order valence-corrected chi connectivity index (χ0v) is 24.1. The summed E-state index contributed by atoms with van der Waals surface area (Å²) in [7, 11) is 5.45. The van der Waals surface area contributed by atoms with E-state index in [1.807, 2.05) is 0 Å². The molecule has 1 unspecified atom stereocenters. The number of nitrogens with zero attached hydrogens (tertiary/aromatic N) is 2. The van der Waals surface area contributed by atoms with Crippen LogP contribution in [0.1, 0.15) is 24.7 Å². The molecule has 0 saturated carbocycles. The van der Waals surface area contributed by atoms with Gasteiger partial charge < -0.3 is 15.3 Å².